The highest BCUT2D eigenvalue weighted by Crippen LogP contribution is 2.46. The summed E-state index contributed by atoms with van der Waals surface area (Å²) < 4.78 is 85.8. The Balaban J connectivity index is 1.81. The number of amides is 3. The fourth-order valence-electron chi connectivity index (χ4n) is 5.40. The number of nitrogens with zero attached hydrogens (tertiary/aromatic N) is 2. The molecule has 206 valence electrons. The SMILES string of the molecule is CCOC(=O)N1c2c(ccc3c2CCC3)[C@@H](N(Cc2cc(C(F)(F)F)cc(C(F)(F)F)c2)C(N)=O)C[C@H]1C. The molecule has 2 aliphatic rings. The van der Waals surface area contributed by atoms with Gasteiger partial charge in [-0.2, -0.15) is 26.3 Å². The Morgan fingerprint density at radius 1 is 1.05 bits per heavy atom. The van der Waals surface area contributed by atoms with Crippen molar-refractivity contribution in [3.05, 3.63) is 63.7 Å². The number of hydrogen-bond donors (Lipinski definition) is 1. The summed E-state index contributed by atoms with van der Waals surface area (Å²) in [6.07, 6.45) is -8.15. The number of rotatable bonds is 4. The molecule has 2 aromatic carbocycles. The lowest BCUT2D eigenvalue weighted by atomic mass is 9.87. The Morgan fingerprint density at radius 2 is 1.68 bits per heavy atom. The number of benzene rings is 2. The van der Waals surface area contributed by atoms with Crippen molar-refractivity contribution in [2.75, 3.05) is 11.5 Å². The smallest absolute Gasteiger partial charge is 0.416 e. The zero-order valence-electron chi connectivity index (χ0n) is 20.7. The first kappa shape index (κ1) is 27.6. The number of anilines is 1. The number of fused-ring (bicyclic) bond motifs is 3. The fraction of sp³-hybridized carbons (Fsp3) is 0.462. The van der Waals surface area contributed by atoms with Crippen molar-refractivity contribution in [2.24, 2.45) is 5.73 Å². The summed E-state index contributed by atoms with van der Waals surface area (Å²) >= 11 is 0. The van der Waals surface area contributed by atoms with Crippen LogP contribution in [0.25, 0.3) is 0 Å². The molecule has 3 amide bonds. The molecule has 4 rings (SSSR count). The standard InChI is InChI=1S/C26H27F6N3O3/c1-3-38-24(37)35-14(2)9-21(20-8-7-16-5-4-6-19(16)22(20)35)34(23(33)36)13-15-10-17(25(27,28)29)12-18(11-15)26(30,31)32/h7-8,10-12,14,21H,3-6,9,13H2,1-2H3,(H2,33,36)/t14-,21+/m1/s1. The van der Waals surface area contributed by atoms with Crippen molar-refractivity contribution in [3.8, 4) is 0 Å². The average molecular weight is 544 g/mol. The number of hydrogen-bond acceptors (Lipinski definition) is 3. The number of halogens is 6. The molecule has 1 heterocycles. The monoisotopic (exact) mass is 543 g/mol. The van der Waals surface area contributed by atoms with Crippen molar-refractivity contribution in [3.63, 3.8) is 0 Å². The summed E-state index contributed by atoms with van der Waals surface area (Å²) in [5, 5.41) is 0. The molecule has 0 bridgehead atoms. The van der Waals surface area contributed by atoms with E-state index in [1.54, 1.807) is 19.9 Å². The number of ether oxygens (including phenoxy) is 1. The second-order valence-corrected chi connectivity index (χ2v) is 9.54. The van der Waals surface area contributed by atoms with E-state index in [0.717, 1.165) is 28.9 Å². The molecule has 0 aromatic heterocycles. The van der Waals surface area contributed by atoms with E-state index in [9.17, 15) is 35.9 Å². The highest BCUT2D eigenvalue weighted by atomic mass is 19.4. The van der Waals surface area contributed by atoms with Crippen LogP contribution in [0.15, 0.2) is 30.3 Å². The van der Waals surface area contributed by atoms with Gasteiger partial charge in [0, 0.05) is 12.6 Å². The van der Waals surface area contributed by atoms with E-state index in [4.69, 9.17) is 10.5 Å². The first-order chi connectivity index (χ1) is 17.7. The molecule has 0 spiro atoms. The van der Waals surface area contributed by atoms with Crippen molar-refractivity contribution in [2.45, 2.75) is 70.5 Å². The highest BCUT2D eigenvalue weighted by molar-refractivity contribution is 5.92. The van der Waals surface area contributed by atoms with Gasteiger partial charge in [-0.05, 0) is 80.0 Å². The number of aryl methyl sites for hydroxylation is 1. The van der Waals surface area contributed by atoms with E-state index in [-0.39, 0.29) is 24.7 Å². The van der Waals surface area contributed by atoms with E-state index < -0.39 is 54.2 Å². The maximum Gasteiger partial charge on any atom is 0.416 e. The number of nitrogens with two attached hydrogens (primary N) is 1. The maximum atomic E-state index is 13.4. The zero-order chi connectivity index (χ0) is 28.0. The first-order valence-electron chi connectivity index (χ1n) is 12.2. The Labute approximate surface area is 215 Å². The number of carbonyl (C=O) groups is 2. The van der Waals surface area contributed by atoms with Gasteiger partial charge in [0.2, 0.25) is 0 Å². The minimum absolute atomic E-state index is 0.0383. The highest BCUT2D eigenvalue weighted by Gasteiger charge is 2.42. The molecule has 0 radical (unpaired) electrons. The topological polar surface area (TPSA) is 75.9 Å². The van der Waals surface area contributed by atoms with Crippen molar-refractivity contribution in [1.29, 1.82) is 0 Å². The number of urea groups is 1. The molecule has 0 unspecified atom stereocenters. The number of carbonyl (C=O) groups excluding carboxylic acids is 2. The largest absolute Gasteiger partial charge is 0.449 e. The third kappa shape index (κ3) is 5.25. The lowest BCUT2D eigenvalue weighted by molar-refractivity contribution is -0.143. The van der Waals surface area contributed by atoms with Crippen molar-refractivity contribution < 1.29 is 40.7 Å². The van der Waals surface area contributed by atoms with Gasteiger partial charge in [0.05, 0.1) is 29.5 Å². The molecule has 2 aromatic rings. The van der Waals surface area contributed by atoms with E-state index in [2.05, 4.69) is 0 Å². The molecule has 38 heavy (non-hydrogen) atoms. The summed E-state index contributed by atoms with van der Waals surface area (Å²) in [5.41, 5.74) is 5.39. The summed E-state index contributed by atoms with van der Waals surface area (Å²) in [4.78, 5) is 28.1. The van der Waals surface area contributed by atoms with E-state index >= 15 is 0 Å². The minimum Gasteiger partial charge on any atom is -0.449 e. The van der Waals surface area contributed by atoms with Gasteiger partial charge in [0.15, 0.2) is 0 Å². The van der Waals surface area contributed by atoms with Gasteiger partial charge >= 0.3 is 24.5 Å². The van der Waals surface area contributed by atoms with Crippen LogP contribution < -0.4 is 10.6 Å². The average Bonchev–Trinajstić information content (AvgIpc) is 3.30. The fourth-order valence-corrected chi connectivity index (χ4v) is 5.40. The molecule has 2 atom stereocenters. The molecule has 0 saturated carbocycles. The van der Waals surface area contributed by atoms with Gasteiger partial charge < -0.3 is 15.4 Å². The number of primary amides is 1. The van der Waals surface area contributed by atoms with Gasteiger partial charge in [-0.25, -0.2) is 9.59 Å². The molecule has 12 heteroatoms. The van der Waals surface area contributed by atoms with Gasteiger partial charge in [0.25, 0.3) is 0 Å². The van der Waals surface area contributed by atoms with Crippen molar-refractivity contribution in [1.82, 2.24) is 4.90 Å². The van der Waals surface area contributed by atoms with Crippen LogP contribution in [0.3, 0.4) is 0 Å². The molecule has 2 N–H and O–H groups in total. The minimum atomic E-state index is -5.03. The van der Waals surface area contributed by atoms with Crippen LogP contribution >= 0.6 is 0 Å². The van der Waals surface area contributed by atoms with Gasteiger partial charge in [0.1, 0.15) is 0 Å². The summed E-state index contributed by atoms with van der Waals surface area (Å²) in [7, 11) is 0. The second kappa shape index (κ2) is 10.0. The van der Waals surface area contributed by atoms with Crippen LogP contribution in [0.1, 0.15) is 66.1 Å². The van der Waals surface area contributed by atoms with Gasteiger partial charge in [-0.15, -0.1) is 0 Å². The second-order valence-electron chi connectivity index (χ2n) is 9.54. The molecular formula is C26H27F6N3O3. The molecule has 0 saturated heterocycles. The van der Waals surface area contributed by atoms with Gasteiger partial charge in [-0.1, -0.05) is 12.1 Å². The first-order valence-corrected chi connectivity index (χ1v) is 12.2. The predicted octanol–water partition coefficient (Wildman–Crippen LogP) is 6.59. The van der Waals surface area contributed by atoms with Crippen molar-refractivity contribution >= 4 is 17.8 Å². The normalized spacial score (nSPS) is 19.1. The molecular weight excluding hydrogens is 516 g/mol. The molecule has 6 nitrogen and oxygen atoms in total. The quantitative estimate of drug-likeness (QED) is 0.442. The Morgan fingerprint density at radius 3 is 2.24 bits per heavy atom. The third-order valence-electron chi connectivity index (χ3n) is 7.01. The summed E-state index contributed by atoms with van der Waals surface area (Å²) in [6.45, 7) is 2.97. The van der Waals surface area contributed by atoms with Crippen LogP contribution in [0.5, 0.6) is 0 Å². The maximum absolute atomic E-state index is 13.4. The lowest BCUT2D eigenvalue weighted by Crippen LogP contribution is -2.49. The zero-order valence-corrected chi connectivity index (χ0v) is 20.7. The van der Waals surface area contributed by atoms with E-state index in [0.29, 0.717) is 29.8 Å². The summed E-state index contributed by atoms with van der Waals surface area (Å²) in [6, 6.07) is 2.54. The number of alkyl halides is 6. The van der Waals surface area contributed by atoms with Crippen LogP contribution in [-0.4, -0.2) is 29.7 Å². The Hall–Kier alpha value is -3.44. The molecule has 0 fully saturated rings. The lowest BCUT2D eigenvalue weighted by Gasteiger charge is -2.43. The predicted molar refractivity (Wildman–Crippen MR) is 126 cm³/mol. The Kier molecular flexibility index (Phi) is 7.28. The Bertz CT molecular complexity index is 1210. The van der Waals surface area contributed by atoms with Crippen LogP contribution in [0.2, 0.25) is 0 Å². The van der Waals surface area contributed by atoms with Crippen LogP contribution in [-0.2, 0) is 36.5 Å². The molecule has 1 aliphatic carbocycles. The van der Waals surface area contributed by atoms with Crippen LogP contribution in [0.4, 0.5) is 41.6 Å². The van der Waals surface area contributed by atoms with Crippen LogP contribution in [0, 0.1) is 0 Å². The molecule has 1 aliphatic heterocycles. The third-order valence-corrected chi connectivity index (χ3v) is 7.01. The van der Waals surface area contributed by atoms with Gasteiger partial charge in [-0.3, -0.25) is 4.90 Å². The summed E-state index contributed by atoms with van der Waals surface area (Å²) in [5.74, 6) is 0. The van der Waals surface area contributed by atoms with E-state index in [1.165, 1.54) is 4.90 Å². The van der Waals surface area contributed by atoms with E-state index in [1.807, 2.05) is 6.07 Å².